The zero-order valence-electron chi connectivity index (χ0n) is 15.3. The summed E-state index contributed by atoms with van der Waals surface area (Å²) in [5, 5.41) is 13.9. The first kappa shape index (κ1) is 21.0. The van der Waals surface area contributed by atoms with Gasteiger partial charge in [0, 0.05) is 37.0 Å². The van der Waals surface area contributed by atoms with Crippen LogP contribution in [0.25, 0.3) is 0 Å². The van der Waals surface area contributed by atoms with Crippen molar-refractivity contribution in [3.05, 3.63) is 69.5 Å². The van der Waals surface area contributed by atoms with Crippen LogP contribution in [0.2, 0.25) is 0 Å². The van der Waals surface area contributed by atoms with Crippen LogP contribution >= 0.6 is 0 Å². The molecule has 9 heteroatoms. The number of hydrogen-bond acceptors (Lipinski definition) is 7. The Morgan fingerprint density at radius 2 is 1.89 bits per heavy atom. The van der Waals surface area contributed by atoms with Crippen LogP contribution in [-0.2, 0) is 9.47 Å². The van der Waals surface area contributed by atoms with E-state index < -0.39 is 28.6 Å². The number of nitrogens with one attached hydrogen (secondary N) is 1. The monoisotopic (exact) mass is 390 g/mol. The Hall–Kier alpha value is -3.33. The molecule has 2 aromatic carbocycles. The van der Waals surface area contributed by atoms with E-state index >= 15 is 0 Å². The quantitative estimate of drug-likeness (QED) is 0.230. The van der Waals surface area contributed by atoms with E-state index in [9.17, 15) is 24.1 Å². The van der Waals surface area contributed by atoms with Crippen molar-refractivity contribution in [3.63, 3.8) is 0 Å². The highest BCUT2D eigenvalue weighted by atomic mass is 19.1. The molecule has 1 atom stereocenters. The van der Waals surface area contributed by atoms with E-state index in [0.29, 0.717) is 18.8 Å². The first-order valence-corrected chi connectivity index (χ1v) is 8.35. The van der Waals surface area contributed by atoms with Gasteiger partial charge >= 0.3 is 5.97 Å². The van der Waals surface area contributed by atoms with E-state index in [2.05, 4.69) is 5.32 Å². The summed E-state index contributed by atoms with van der Waals surface area (Å²) in [4.78, 5) is 35.3. The average Bonchev–Trinajstić information content (AvgIpc) is 2.68. The van der Waals surface area contributed by atoms with Gasteiger partial charge in [-0.3, -0.25) is 14.9 Å². The van der Waals surface area contributed by atoms with Gasteiger partial charge < -0.3 is 14.8 Å². The van der Waals surface area contributed by atoms with Crippen molar-refractivity contribution in [3.8, 4) is 0 Å². The number of esters is 1. The zero-order chi connectivity index (χ0) is 20.7. The number of anilines is 1. The summed E-state index contributed by atoms with van der Waals surface area (Å²) in [6.45, 7) is 2.09. The fraction of sp³-hybridized carbons (Fsp3) is 0.263. The maximum atomic E-state index is 13.0. The van der Waals surface area contributed by atoms with Gasteiger partial charge in [-0.05, 0) is 37.3 Å². The predicted molar refractivity (Wildman–Crippen MR) is 99.1 cm³/mol. The first-order valence-electron chi connectivity index (χ1n) is 8.35. The van der Waals surface area contributed by atoms with E-state index in [1.807, 2.05) is 0 Å². The molecule has 0 saturated heterocycles. The van der Waals surface area contributed by atoms with Crippen molar-refractivity contribution in [2.45, 2.75) is 13.0 Å². The molecule has 1 N–H and O–H groups in total. The normalized spacial score (nSPS) is 11.5. The minimum Gasteiger partial charge on any atom is -0.451 e. The van der Waals surface area contributed by atoms with Crippen LogP contribution in [0.4, 0.5) is 15.8 Å². The minimum absolute atomic E-state index is 0.0796. The van der Waals surface area contributed by atoms with Crippen molar-refractivity contribution in [2.24, 2.45) is 0 Å². The van der Waals surface area contributed by atoms with Gasteiger partial charge in [-0.2, -0.15) is 0 Å². The number of hydrogen-bond donors (Lipinski definition) is 1. The van der Waals surface area contributed by atoms with Crippen molar-refractivity contribution >= 4 is 23.1 Å². The average molecular weight is 390 g/mol. The summed E-state index contributed by atoms with van der Waals surface area (Å²) < 4.78 is 23.1. The van der Waals surface area contributed by atoms with E-state index in [0.717, 1.165) is 18.2 Å². The summed E-state index contributed by atoms with van der Waals surface area (Å²) in [7, 11) is 1.51. The molecule has 0 spiro atoms. The van der Waals surface area contributed by atoms with Crippen LogP contribution in [0.1, 0.15) is 27.6 Å². The van der Waals surface area contributed by atoms with Crippen molar-refractivity contribution in [1.29, 1.82) is 0 Å². The number of nitro benzene ring substituents is 1. The molecule has 0 unspecified atom stereocenters. The summed E-state index contributed by atoms with van der Waals surface area (Å²) >= 11 is 0. The van der Waals surface area contributed by atoms with Crippen LogP contribution in [0.5, 0.6) is 0 Å². The highest BCUT2D eigenvalue weighted by Gasteiger charge is 2.24. The number of carbonyl (C=O) groups excluding carboxylic acids is 2. The Labute approximate surface area is 160 Å². The highest BCUT2D eigenvalue weighted by molar-refractivity contribution is 6.02. The predicted octanol–water partition coefficient (Wildman–Crippen LogP) is 3.22. The smallest absolute Gasteiger partial charge is 0.341 e. The van der Waals surface area contributed by atoms with Crippen LogP contribution in [0.3, 0.4) is 0 Å². The van der Waals surface area contributed by atoms with E-state index in [4.69, 9.17) is 9.47 Å². The van der Waals surface area contributed by atoms with Gasteiger partial charge in [0.2, 0.25) is 5.78 Å². The molecule has 0 bridgehead atoms. The molecular weight excluding hydrogens is 371 g/mol. The fourth-order valence-electron chi connectivity index (χ4n) is 2.38. The third-order valence-electron chi connectivity index (χ3n) is 3.84. The number of nitro groups is 1. The van der Waals surface area contributed by atoms with Gasteiger partial charge in [0.05, 0.1) is 17.1 Å². The summed E-state index contributed by atoms with van der Waals surface area (Å²) in [6.07, 6.45) is -1.16. The van der Waals surface area contributed by atoms with Gasteiger partial charge in [-0.15, -0.1) is 0 Å². The molecule has 2 rings (SSSR count). The number of ketones is 1. The molecule has 0 aliphatic carbocycles. The van der Waals surface area contributed by atoms with Crippen molar-refractivity contribution < 1.29 is 28.4 Å². The zero-order valence-corrected chi connectivity index (χ0v) is 15.3. The van der Waals surface area contributed by atoms with Gasteiger partial charge in [-0.1, -0.05) is 0 Å². The second-order valence-electron chi connectivity index (χ2n) is 5.83. The molecule has 0 radical (unpaired) electrons. The minimum atomic E-state index is -1.16. The van der Waals surface area contributed by atoms with E-state index in [1.54, 1.807) is 0 Å². The summed E-state index contributed by atoms with van der Waals surface area (Å²) in [6, 6.07) is 8.53. The Morgan fingerprint density at radius 1 is 1.21 bits per heavy atom. The fourth-order valence-corrected chi connectivity index (χ4v) is 2.38. The molecule has 0 amide bonds. The lowest BCUT2D eigenvalue weighted by Gasteiger charge is -2.15. The lowest BCUT2D eigenvalue weighted by molar-refractivity contribution is -0.384. The Kier molecular flexibility index (Phi) is 7.16. The summed E-state index contributed by atoms with van der Waals surface area (Å²) in [5.74, 6) is -1.91. The molecule has 28 heavy (non-hydrogen) atoms. The number of rotatable bonds is 9. The van der Waals surface area contributed by atoms with E-state index in [-0.39, 0.29) is 16.8 Å². The van der Waals surface area contributed by atoms with Crippen LogP contribution in [-0.4, -0.2) is 43.0 Å². The second kappa shape index (κ2) is 9.56. The third kappa shape index (κ3) is 5.34. The van der Waals surface area contributed by atoms with Crippen molar-refractivity contribution in [1.82, 2.24) is 0 Å². The molecular formula is C19H19FN2O6. The first-order chi connectivity index (χ1) is 13.3. The summed E-state index contributed by atoms with van der Waals surface area (Å²) in [5.41, 5.74) is 0.124. The Bertz CT molecular complexity index is 869. The van der Waals surface area contributed by atoms with Gasteiger partial charge in [-0.25, -0.2) is 9.18 Å². The molecule has 0 aromatic heterocycles. The molecule has 0 fully saturated rings. The number of Topliss-reactive ketones (excluding diaryl/α,β-unsaturated/α-hetero) is 1. The maximum Gasteiger partial charge on any atom is 0.341 e. The van der Waals surface area contributed by atoms with Crippen LogP contribution in [0, 0.1) is 15.9 Å². The number of non-ortho nitro benzene ring substituents is 1. The highest BCUT2D eigenvalue weighted by Crippen LogP contribution is 2.24. The SMILES string of the molecule is COCCNc1ccc([N+](=O)[O-])cc1C(=O)O[C@@H](C)C(=O)c1ccc(F)cc1. The van der Waals surface area contributed by atoms with Gasteiger partial charge in [0.25, 0.3) is 5.69 Å². The maximum absolute atomic E-state index is 13.0. The Morgan fingerprint density at radius 3 is 2.50 bits per heavy atom. The molecule has 2 aromatic rings. The lowest BCUT2D eigenvalue weighted by atomic mass is 10.1. The molecule has 0 aliphatic heterocycles. The number of halogens is 1. The number of carbonyl (C=O) groups is 2. The Balaban J connectivity index is 2.20. The molecule has 8 nitrogen and oxygen atoms in total. The lowest BCUT2D eigenvalue weighted by Crippen LogP contribution is -2.25. The molecule has 0 aliphatic rings. The number of ether oxygens (including phenoxy) is 2. The molecule has 0 heterocycles. The third-order valence-corrected chi connectivity index (χ3v) is 3.84. The second-order valence-corrected chi connectivity index (χ2v) is 5.83. The van der Waals surface area contributed by atoms with Gasteiger partial charge in [0.15, 0.2) is 6.10 Å². The molecule has 148 valence electrons. The number of benzene rings is 2. The largest absolute Gasteiger partial charge is 0.451 e. The van der Waals surface area contributed by atoms with Crippen LogP contribution in [0.15, 0.2) is 42.5 Å². The standard InChI is InChI=1S/C19H19FN2O6/c1-12(18(23)13-3-5-14(20)6-4-13)28-19(24)16-11-15(22(25)26)7-8-17(16)21-9-10-27-2/h3-8,11-12,21H,9-10H2,1-2H3/t12-/m0/s1. The van der Waals surface area contributed by atoms with Gasteiger partial charge in [0.1, 0.15) is 5.82 Å². The van der Waals surface area contributed by atoms with Crippen LogP contribution < -0.4 is 5.32 Å². The number of nitrogens with zero attached hydrogens (tertiary/aromatic N) is 1. The van der Waals surface area contributed by atoms with Crippen molar-refractivity contribution in [2.75, 3.05) is 25.6 Å². The number of methoxy groups -OCH3 is 1. The van der Waals surface area contributed by atoms with E-state index in [1.165, 1.54) is 38.3 Å². The molecule has 0 saturated carbocycles. The topological polar surface area (TPSA) is 108 Å².